The summed E-state index contributed by atoms with van der Waals surface area (Å²) in [5.41, 5.74) is 12.9. The monoisotopic (exact) mass is 298 g/mol. The molecule has 3 nitrogen and oxygen atoms in total. The third-order valence-corrected chi connectivity index (χ3v) is 4.11. The summed E-state index contributed by atoms with van der Waals surface area (Å²) >= 11 is 0. The van der Waals surface area contributed by atoms with Gasteiger partial charge in [-0.1, -0.05) is 37.3 Å². The molecule has 0 radical (unpaired) electrons. The maximum atomic E-state index is 5.83. The molecule has 0 aliphatic carbocycles. The first-order chi connectivity index (χ1) is 10.8. The molecule has 3 heteroatoms. The molecule has 0 saturated heterocycles. The topological polar surface area (TPSA) is 61.3 Å². The predicted octanol–water partition coefficient (Wildman–Crippen LogP) is 3.90. The van der Waals surface area contributed by atoms with Crippen LogP contribution >= 0.6 is 0 Å². The van der Waals surface area contributed by atoms with E-state index in [0.29, 0.717) is 24.9 Å². The minimum atomic E-state index is 0.394. The van der Waals surface area contributed by atoms with E-state index in [1.165, 1.54) is 5.56 Å². The van der Waals surface area contributed by atoms with Gasteiger partial charge in [-0.25, -0.2) is 0 Å². The predicted molar refractivity (Wildman–Crippen MR) is 92.2 cm³/mol. The van der Waals surface area contributed by atoms with Crippen molar-refractivity contribution in [3.8, 4) is 11.5 Å². The van der Waals surface area contributed by atoms with Gasteiger partial charge < -0.3 is 16.2 Å². The van der Waals surface area contributed by atoms with Crippen molar-refractivity contribution in [2.45, 2.75) is 25.7 Å². The van der Waals surface area contributed by atoms with E-state index in [1.54, 1.807) is 0 Å². The fraction of sp³-hybridized carbons (Fsp3) is 0.368. The SMILES string of the molecule is CCC(CC(CN)CN)c1ccc(Oc2ccccc2)cc1. The van der Waals surface area contributed by atoms with Crippen LogP contribution < -0.4 is 16.2 Å². The number of benzene rings is 2. The highest BCUT2D eigenvalue weighted by atomic mass is 16.5. The van der Waals surface area contributed by atoms with Gasteiger partial charge in [0, 0.05) is 0 Å². The van der Waals surface area contributed by atoms with Gasteiger partial charge in [-0.2, -0.15) is 0 Å². The molecule has 4 N–H and O–H groups in total. The Balaban J connectivity index is 2.03. The first-order valence-electron chi connectivity index (χ1n) is 7.99. The molecule has 118 valence electrons. The smallest absolute Gasteiger partial charge is 0.127 e. The second kappa shape index (κ2) is 8.57. The summed E-state index contributed by atoms with van der Waals surface area (Å²) in [6.45, 7) is 3.52. The molecule has 0 saturated carbocycles. The first kappa shape index (κ1) is 16.5. The molecule has 1 unspecified atom stereocenters. The molecule has 0 aliphatic heterocycles. The van der Waals surface area contributed by atoms with E-state index in [2.05, 4.69) is 19.1 Å². The molecular formula is C19H26N2O. The summed E-state index contributed by atoms with van der Waals surface area (Å²) < 4.78 is 5.83. The maximum absolute atomic E-state index is 5.83. The van der Waals surface area contributed by atoms with E-state index >= 15 is 0 Å². The Kier molecular flexibility index (Phi) is 6.44. The van der Waals surface area contributed by atoms with Gasteiger partial charge in [0.05, 0.1) is 0 Å². The van der Waals surface area contributed by atoms with Gasteiger partial charge in [-0.15, -0.1) is 0 Å². The summed E-state index contributed by atoms with van der Waals surface area (Å²) in [5.74, 6) is 2.61. The van der Waals surface area contributed by atoms with Gasteiger partial charge in [-0.05, 0) is 67.6 Å². The standard InChI is InChI=1S/C19H26N2O/c1-2-16(12-15(13-20)14-21)17-8-10-19(11-9-17)22-18-6-4-3-5-7-18/h3-11,15-16H,2,12-14,20-21H2,1H3. The van der Waals surface area contributed by atoms with Gasteiger partial charge in [0.25, 0.3) is 0 Å². The highest BCUT2D eigenvalue weighted by Gasteiger charge is 2.15. The average molecular weight is 298 g/mol. The molecule has 1 atom stereocenters. The molecule has 22 heavy (non-hydrogen) atoms. The lowest BCUT2D eigenvalue weighted by Gasteiger charge is -2.21. The molecule has 2 rings (SSSR count). The van der Waals surface area contributed by atoms with E-state index < -0.39 is 0 Å². The van der Waals surface area contributed by atoms with Gasteiger partial charge in [0.2, 0.25) is 0 Å². The molecular weight excluding hydrogens is 272 g/mol. The number of hydrogen-bond acceptors (Lipinski definition) is 3. The quantitative estimate of drug-likeness (QED) is 0.777. The fourth-order valence-corrected chi connectivity index (χ4v) is 2.66. The van der Waals surface area contributed by atoms with Crippen LogP contribution in [0.15, 0.2) is 54.6 Å². The van der Waals surface area contributed by atoms with Gasteiger partial charge >= 0.3 is 0 Å². The zero-order chi connectivity index (χ0) is 15.8. The normalized spacial score (nSPS) is 12.4. The van der Waals surface area contributed by atoms with E-state index in [4.69, 9.17) is 16.2 Å². The van der Waals surface area contributed by atoms with Crippen LogP contribution in [-0.2, 0) is 0 Å². The van der Waals surface area contributed by atoms with E-state index in [9.17, 15) is 0 Å². The summed E-state index contributed by atoms with van der Waals surface area (Å²) in [6.07, 6.45) is 2.14. The van der Waals surface area contributed by atoms with Gasteiger partial charge in [0.1, 0.15) is 11.5 Å². The van der Waals surface area contributed by atoms with E-state index in [1.807, 2.05) is 42.5 Å². The lowest BCUT2D eigenvalue weighted by atomic mass is 9.87. The first-order valence-corrected chi connectivity index (χ1v) is 7.99. The van der Waals surface area contributed by atoms with Crippen LogP contribution in [-0.4, -0.2) is 13.1 Å². The zero-order valence-corrected chi connectivity index (χ0v) is 13.2. The second-order valence-corrected chi connectivity index (χ2v) is 5.66. The minimum Gasteiger partial charge on any atom is -0.457 e. The number of para-hydroxylation sites is 1. The van der Waals surface area contributed by atoms with Gasteiger partial charge in [-0.3, -0.25) is 0 Å². The van der Waals surface area contributed by atoms with Crippen molar-refractivity contribution in [3.63, 3.8) is 0 Å². The Bertz CT molecular complexity index is 535. The van der Waals surface area contributed by atoms with Crippen LogP contribution in [0.4, 0.5) is 0 Å². The van der Waals surface area contributed by atoms with Crippen LogP contribution in [0.2, 0.25) is 0 Å². The number of ether oxygens (including phenoxy) is 1. The summed E-state index contributed by atoms with van der Waals surface area (Å²) in [5, 5.41) is 0. The van der Waals surface area contributed by atoms with Crippen LogP contribution in [0.3, 0.4) is 0 Å². The Morgan fingerprint density at radius 1 is 0.864 bits per heavy atom. The molecule has 0 heterocycles. The highest BCUT2D eigenvalue weighted by molar-refractivity contribution is 5.34. The fourth-order valence-electron chi connectivity index (χ4n) is 2.66. The second-order valence-electron chi connectivity index (χ2n) is 5.66. The minimum absolute atomic E-state index is 0.394. The Morgan fingerprint density at radius 3 is 2.00 bits per heavy atom. The van der Waals surface area contributed by atoms with Crippen molar-refractivity contribution in [1.82, 2.24) is 0 Å². The summed E-state index contributed by atoms with van der Waals surface area (Å²) in [7, 11) is 0. The van der Waals surface area contributed by atoms with Crippen molar-refractivity contribution in [1.29, 1.82) is 0 Å². The van der Waals surface area contributed by atoms with Crippen molar-refractivity contribution < 1.29 is 4.74 Å². The molecule has 2 aromatic carbocycles. The summed E-state index contributed by atoms with van der Waals surface area (Å²) in [4.78, 5) is 0. The number of nitrogens with two attached hydrogens (primary N) is 2. The molecule has 2 aromatic rings. The van der Waals surface area contributed by atoms with Crippen LogP contribution in [0.1, 0.15) is 31.2 Å². The van der Waals surface area contributed by atoms with Crippen molar-refractivity contribution >= 4 is 0 Å². The number of hydrogen-bond donors (Lipinski definition) is 2. The molecule has 0 aliphatic rings. The highest BCUT2D eigenvalue weighted by Crippen LogP contribution is 2.29. The van der Waals surface area contributed by atoms with Crippen molar-refractivity contribution in [2.24, 2.45) is 17.4 Å². The molecule has 0 amide bonds. The maximum Gasteiger partial charge on any atom is 0.127 e. The van der Waals surface area contributed by atoms with Gasteiger partial charge in [0.15, 0.2) is 0 Å². The largest absolute Gasteiger partial charge is 0.457 e. The Morgan fingerprint density at radius 2 is 1.45 bits per heavy atom. The third kappa shape index (κ3) is 4.58. The van der Waals surface area contributed by atoms with E-state index in [-0.39, 0.29) is 0 Å². The average Bonchev–Trinajstić information content (AvgIpc) is 2.58. The van der Waals surface area contributed by atoms with Crippen LogP contribution in [0.5, 0.6) is 11.5 Å². The molecule has 0 fully saturated rings. The summed E-state index contributed by atoms with van der Waals surface area (Å²) in [6, 6.07) is 18.2. The Hall–Kier alpha value is -1.84. The van der Waals surface area contributed by atoms with Crippen LogP contribution in [0.25, 0.3) is 0 Å². The van der Waals surface area contributed by atoms with Crippen molar-refractivity contribution in [2.75, 3.05) is 13.1 Å². The third-order valence-electron chi connectivity index (χ3n) is 4.11. The van der Waals surface area contributed by atoms with Crippen molar-refractivity contribution in [3.05, 3.63) is 60.2 Å². The lowest BCUT2D eigenvalue weighted by molar-refractivity contribution is 0.441. The molecule has 0 spiro atoms. The Labute approximate surface area is 133 Å². The number of rotatable bonds is 8. The zero-order valence-electron chi connectivity index (χ0n) is 13.2. The molecule has 0 aromatic heterocycles. The van der Waals surface area contributed by atoms with E-state index in [0.717, 1.165) is 24.3 Å². The molecule has 0 bridgehead atoms. The van der Waals surface area contributed by atoms with Crippen LogP contribution in [0, 0.1) is 5.92 Å². The lowest BCUT2D eigenvalue weighted by Crippen LogP contribution is -2.25.